The molecule has 2 aromatic heterocycles. The smallest absolute Gasteiger partial charge is 0.328 e. The van der Waals surface area contributed by atoms with Crippen molar-refractivity contribution in [1.29, 1.82) is 0 Å². The van der Waals surface area contributed by atoms with Crippen molar-refractivity contribution < 1.29 is 4.79 Å². The molecule has 0 aliphatic carbocycles. The highest BCUT2D eigenvalue weighted by atomic mass is 16.2. The number of amides is 1. The molecule has 2 aromatic carbocycles. The number of rotatable bonds is 6. The number of carbonyl (C=O) groups excluding carboxylic acids is 1. The largest absolute Gasteiger partial charge is 0.356 e. The molecule has 0 unspecified atom stereocenters. The van der Waals surface area contributed by atoms with Gasteiger partial charge in [0.15, 0.2) is 0 Å². The number of nitrogens with one attached hydrogen (secondary N) is 3. The maximum atomic E-state index is 12.4. The molecular formula is C20H19N5O3. The fraction of sp³-hybridized carbons (Fsp3) is 0.200. The average molecular weight is 377 g/mol. The summed E-state index contributed by atoms with van der Waals surface area (Å²) in [4.78, 5) is 47.0. The Morgan fingerprint density at radius 1 is 1.00 bits per heavy atom. The number of para-hydroxylation sites is 3. The number of aromatic nitrogens is 4. The second-order valence-corrected chi connectivity index (χ2v) is 6.48. The van der Waals surface area contributed by atoms with Gasteiger partial charge in [-0.3, -0.25) is 14.2 Å². The zero-order valence-corrected chi connectivity index (χ0v) is 15.1. The van der Waals surface area contributed by atoms with Crippen LogP contribution < -0.4 is 16.6 Å². The molecule has 0 aliphatic rings. The van der Waals surface area contributed by atoms with Crippen molar-refractivity contribution in [2.75, 3.05) is 6.54 Å². The minimum absolute atomic E-state index is 0.0233. The summed E-state index contributed by atoms with van der Waals surface area (Å²) in [7, 11) is 0. The van der Waals surface area contributed by atoms with Crippen LogP contribution in [0.2, 0.25) is 0 Å². The lowest BCUT2D eigenvalue weighted by Gasteiger charge is -2.07. The predicted molar refractivity (Wildman–Crippen MR) is 106 cm³/mol. The van der Waals surface area contributed by atoms with Gasteiger partial charge >= 0.3 is 5.69 Å². The van der Waals surface area contributed by atoms with E-state index in [1.54, 1.807) is 24.3 Å². The van der Waals surface area contributed by atoms with Gasteiger partial charge in [0.05, 0.1) is 21.9 Å². The fourth-order valence-electron chi connectivity index (χ4n) is 3.15. The molecule has 0 saturated carbocycles. The van der Waals surface area contributed by atoms with Crippen molar-refractivity contribution in [3.05, 3.63) is 75.2 Å². The second kappa shape index (κ2) is 7.51. The van der Waals surface area contributed by atoms with Crippen LogP contribution in [0.25, 0.3) is 21.9 Å². The first kappa shape index (κ1) is 17.7. The summed E-state index contributed by atoms with van der Waals surface area (Å²) in [6.45, 7) is 0.442. The highest BCUT2D eigenvalue weighted by Gasteiger charge is 2.09. The zero-order valence-electron chi connectivity index (χ0n) is 15.1. The normalized spacial score (nSPS) is 11.1. The van der Waals surface area contributed by atoms with E-state index in [1.807, 2.05) is 24.3 Å². The molecule has 1 amide bonds. The second-order valence-electron chi connectivity index (χ2n) is 6.48. The highest BCUT2D eigenvalue weighted by Crippen LogP contribution is 2.10. The van der Waals surface area contributed by atoms with Crippen LogP contribution >= 0.6 is 0 Å². The van der Waals surface area contributed by atoms with Gasteiger partial charge in [0.25, 0.3) is 5.56 Å². The number of aromatic amines is 2. The Labute approximate surface area is 159 Å². The third-order valence-electron chi connectivity index (χ3n) is 4.57. The lowest BCUT2D eigenvalue weighted by Crippen LogP contribution is -2.37. The maximum Gasteiger partial charge on any atom is 0.328 e. The number of hydrogen-bond acceptors (Lipinski definition) is 4. The number of hydrogen-bond donors (Lipinski definition) is 3. The van der Waals surface area contributed by atoms with Crippen LogP contribution in [0.5, 0.6) is 0 Å². The van der Waals surface area contributed by atoms with E-state index in [9.17, 15) is 14.4 Å². The maximum absolute atomic E-state index is 12.4. The molecule has 28 heavy (non-hydrogen) atoms. The molecule has 3 N–H and O–H groups in total. The summed E-state index contributed by atoms with van der Waals surface area (Å²) in [6, 6.07) is 14.5. The summed E-state index contributed by atoms with van der Waals surface area (Å²) in [5.41, 5.74) is 1.43. The van der Waals surface area contributed by atoms with E-state index in [2.05, 4.69) is 20.3 Å². The Bertz CT molecular complexity index is 1240. The Morgan fingerprint density at radius 3 is 2.57 bits per heavy atom. The fourth-order valence-corrected chi connectivity index (χ4v) is 3.15. The van der Waals surface area contributed by atoms with Crippen LogP contribution in [0.4, 0.5) is 0 Å². The van der Waals surface area contributed by atoms with Gasteiger partial charge in [0, 0.05) is 25.9 Å². The Morgan fingerprint density at radius 2 is 1.75 bits per heavy atom. The predicted octanol–water partition coefficient (Wildman–Crippen LogP) is 1.32. The van der Waals surface area contributed by atoms with Crippen LogP contribution in [0.1, 0.15) is 12.2 Å². The molecule has 4 aromatic rings. The lowest BCUT2D eigenvalue weighted by atomic mass is 10.2. The molecule has 0 saturated heterocycles. The third kappa shape index (κ3) is 3.57. The SMILES string of the molecule is O=C(CCn1c(=O)[nH]c2ccccc2c1=O)NCCc1nc2ccccc2[nH]1. The molecule has 0 atom stereocenters. The van der Waals surface area contributed by atoms with Gasteiger partial charge in [0.2, 0.25) is 5.91 Å². The Balaban J connectivity index is 1.35. The standard InChI is InChI=1S/C20H19N5O3/c26-18(21-11-9-17-22-15-7-3-4-8-16(15)23-17)10-12-25-19(27)13-5-1-2-6-14(13)24-20(25)28/h1-8H,9-12H2,(H,21,26)(H,22,23)(H,24,28). The molecule has 142 valence electrons. The monoisotopic (exact) mass is 377 g/mol. The van der Waals surface area contributed by atoms with E-state index in [0.717, 1.165) is 21.4 Å². The van der Waals surface area contributed by atoms with E-state index < -0.39 is 11.2 Å². The number of nitrogens with zero attached hydrogens (tertiary/aromatic N) is 2. The van der Waals surface area contributed by atoms with E-state index in [4.69, 9.17) is 0 Å². The first-order chi connectivity index (χ1) is 13.6. The number of fused-ring (bicyclic) bond motifs is 2. The number of imidazole rings is 1. The van der Waals surface area contributed by atoms with Crippen molar-refractivity contribution in [2.24, 2.45) is 0 Å². The third-order valence-corrected chi connectivity index (χ3v) is 4.57. The van der Waals surface area contributed by atoms with E-state index in [0.29, 0.717) is 23.9 Å². The summed E-state index contributed by atoms with van der Waals surface area (Å²) < 4.78 is 1.06. The van der Waals surface area contributed by atoms with E-state index in [1.165, 1.54) is 0 Å². The van der Waals surface area contributed by atoms with Gasteiger partial charge in [-0.05, 0) is 24.3 Å². The molecule has 0 radical (unpaired) electrons. The minimum Gasteiger partial charge on any atom is -0.356 e. The van der Waals surface area contributed by atoms with Crippen molar-refractivity contribution in [2.45, 2.75) is 19.4 Å². The quantitative estimate of drug-likeness (QED) is 0.470. The van der Waals surface area contributed by atoms with Gasteiger partial charge in [-0.15, -0.1) is 0 Å². The van der Waals surface area contributed by atoms with Crippen LogP contribution in [0, 0.1) is 0 Å². The summed E-state index contributed by atoms with van der Waals surface area (Å²) in [5.74, 6) is 0.569. The first-order valence-electron chi connectivity index (χ1n) is 9.04. The van der Waals surface area contributed by atoms with E-state index in [-0.39, 0.29) is 18.9 Å². The molecular weight excluding hydrogens is 358 g/mol. The van der Waals surface area contributed by atoms with Crippen LogP contribution in [-0.2, 0) is 17.8 Å². The minimum atomic E-state index is -0.515. The van der Waals surface area contributed by atoms with E-state index >= 15 is 0 Å². The molecule has 8 heteroatoms. The summed E-state index contributed by atoms with van der Waals surface area (Å²) in [6.07, 6.45) is 0.610. The Kier molecular flexibility index (Phi) is 4.76. The number of benzene rings is 2. The lowest BCUT2D eigenvalue weighted by molar-refractivity contribution is -0.121. The highest BCUT2D eigenvalue weighted by molar-refractivity contribution is 5.77. The number of H-pyrrole nitrogens is 2. The van der Waals surface area contributed by atoms with Crippen LogP contribution in [-0.4, -0.2) is 32.0 Å². The average Bonchev–Trinajstić information content (AvgIpc) is 3.10. The molecule has 0 fully saturated rings. The summed E-state index contributed by atoms with van der Waals surface area (Å²) in [5, 5.41) is 3.22. The molecule has 4 rings (SSSR count). The van der Waals surface area contributed by atoms with Crippen molar-refractivity contribution in [3.8, 4) is 0 Å². The zero-order chi connectivity index (χ0) is 19.5. The molecule has 0 spiro atoms. The van der Waals surface area contributed by atoms with Gasteiger partial charge in [0.1, 0.15) is 5.82 Å². The van der Waals surface area contributed by atoms with Crippen LogP contribution in [0.15, 0.2) is 58.1 Å². The van der Waals surface area contributed by atoms with Gasteiger partial charge < -0.3 is 15.3 Å². The topological polar surface area (TPSA) is 113 Å². The first-order valence-corrected chi connectivity index (χ1v) is 9.04. The van der Waals surface area contributed by atoms with Crippen LogP contribution in [0.3, 0.4) is 0 Å². The van der Waals surface area contributed by atoms with Crippen molar-refractivity contribution in [3.63, 3.8) is 0 Å². The van der Waals surface area contributed by atoms with Crippen molar-refractivity contribution >= 4 is 27.8 Å². The Hall–Kier alpha value is -3.68. The summed E-state index contributed by atoms with van der Waals surface area (Å²) >= 11 is 0. The van der Waals surface area contributed by atoms with Gasteiger partial charge in [-0.2, -0.15) is 0 Å². The molecule has 0 bridgehead atoms. The molecule has 8 nitrogen and oxygen atoms in total. The van der Waals surface area contributed by atoms with Crippen molar-refractivity contribution in [1.82, 2.24) is 24.8 Å². The van der Waals surface area contributed by atoms with Gasteiger partial charge in [-0.25, -0.2) is 9.78 Å². The molecule has 2 heterocycles. The number of carbonyl (C=O) groups is 1. The van der Waals surface area contributed by atoms with Gasteiger partial charge in [-0.1, -0.05) is 24.3 Å². The molecule has 0 aliphatic heterocycles.